The van der Waals surface area contributed by atoms with Crippen LogP contribution >= 0.6 is 0 Å². The lowest BCUT2D eigenvalue weighted by Gasteiger charge is -2.25. The number of ether oxygens (including phenoxy) is 2. The summed E-state index contributed by atoms with van der Waals surface area (Å²) in [5.74, 6) is -0.133. The van der Waals surface area contributed by atoms with E-state index >= 15 is 0 Å². The Bertz CT molecular complexity index is 168. The molecule has 3 nitrogen and oxygen atoms in total. The van der Waals surface area contributed by atoms with Crippen LogP contribution in [0.5, 0.6) is 0 Å². The first-order valence-electron chi connectivity index (χ1n) is 5.91. The van der Waals surface area contributed by atoms with Crippen molar-refractivity contribution in [2.75, 3.05) is 7.11 Å². The van der Waals surface area contributed by atoms with Gasteiger partial charge in [0.15, 0.2) is 0 Å². The van der Waals surface area contributed by atoms with Crippen molar-refractivity contribution in [3.05, 3.63) is 0 Å². The van der Waals surface area contributed by atoms with Crippen LogP contribution in [0.1, 0.15) is 52.9 Å². The van der Waals surface area contributed by atoms with Gasteiger partial charge in [-0.15, -0.1) is 0 Å². The van der Waals surface area contributed by atoms with Gasteiger partial charge < -0.3 is 9.47 Å². The molecule has 0 aromatic heterocycles. The minimum absolute atomic E-state index is 0.0467. The highest BCUT2D eigenvalue weighted by molar-refractivity contribution is 5.69. The van der Waals surface area contributed by atoms with Crippen molar-refractivity contribution >= 4 is 5.97 Å². The second-order valence-corrected chi connectivity index (χ2v) is 3.73. The van der Waals surface area contributed by atoms with Crippen molar-refractivity contribution < 1.29 is 14.3 Å². The zero-order valence-electron chi connectivity index (χ0n) is 10.4. The van der Waals surface area contributed by atoms with Crippen LogP contribution in [-0.2, 0) is 14.3 Å². The number of carbonyl (C=O) groups is 1. The Labute approximate surface area is 93.1 Å². The number of rotatable bonds is 8. The molecular formula is C12H24O3. The molecule has 0 saturated heterocycles. The topological polar surface area (TPSA) is 35.5 Å². The Balaban J connectivity index is 4.25. The first-order chi connectivity index (χ1) is 7.19. The molecule has 0 saturated carbocycles. The molecule has 2 unspecified atom stereocenters. The average molecular weight is 216 g/mol. The Hall–Kier alpha value is -0.570. The lowest BCUT2D eigenvalue weighted by atomic mass is 10.0. The van der Waals surface area contributed by atoms with E-state index in [2.05, 4.69) is 13.8 Å². The normalized spacial score (nSPS) is 14.7. The number of hydrogen-bond acceptors (Lipinski definition) is 3. The van der Waals surface area contributed by atoms with Gasteiger partial charge in [-0.3, -0.25) is 4.79 Å². The van der Waals surface area contributed by atoms with Gasteiger partial charge in [0.05, 0.1) is 6.10 Å². The van der Waals surface area contributed by atoms with Crippen molar-refractivity contribution in [3.63, 3.8) is 0 Å². The molecule has 0 rings (SSSR count). The van der Waals surface area contributed by atoms with E-state index in [9.17, 15) is 4.79 Å². The SMILES string of the molecule is CCCC(OC)C(CCC)OC(=O)CC. The van der Waals surface area contributed by atoms with Crippen LogP contribution in [0.4, 0.5) is 0 Å². The van der Waals surface area contributed by atoms with Crippen LogP contribution in [0.15, 0.2) is 0 Å². The van der Waals surface area contributed by atoms with Crippen LogP contribution in [-0.4, -0.2) is 25.3 Å². The van der Waals surface area contributed by atoms with Gasteiger partial charge in [0.1, 0.15) is 6.10 Å². The summed E-state index contributed by atoms with van der Waals surface area (Å²) in [5.41, 5.74) is 0. The molecule has 0 spiro atoms. The second-order valence-electron chi connectivity index (χ2n) is 3.73. The monoisotopic (exact) mass is 216 g/mol. The van der Waals surface area contributed by atoms with Gasteiger partial charge in [-0.25, -0.2) is 0 Å². The highest BCUT2D eigenvalue weighted by Crippen LogP contribution is 2.15. The zero-order chi connectivity index (χ0) is 11.7. The molecule has 0 bridgehead atoms. The van der Waals surface area contributed by atoms with Crippen LogP contribution in [0.2, 0.25) is 0 Å². The maximum Gasteiger partial charge on any atom is 0.305 e. The molecule has 0 N–H and O–H groups in total. The van der Waals surface area contributed by atoms with Crippen LogP contribution in [0, 0.1) is 0 Å². The molecule has 0 aromatic rings. The lowest BCUT2D eigenvalue weighted by molar-refractivity contribution is -0.156. The number of esters is 1. The molecule has 0 amide bonds. The summed E-state index contributed by atoms with van der Waals surface area (Å²) in [6.07, 6.45) is 4.27. The molecule has 3 heteroatoms. The quantitative estimate of drug-likeness (QED) is 0.585. The van der Waals surface area contributed by atoms with Gasteiger partial charge in [0, 0.05) is 13.5 Å². The maximum atomic E-state index is 11.2. The average Bonchev–Trinajstić information content (AvgIpc) is 2.25. The molecule has 0 aromatic carbocycles. The molecule has 0 aliphatic rings. The molecular weight excluding hydrogens is 192 g/mol. The fourth-order valence-electron chi connectivity index (χ4n) is 1.60. The molecule has 0 fully saturated rings. The van der Waals surface area contributed by atoms with E-state index in [1.807, 2.05) is 6.92 Å². The van der Waals surface area contributed by atoms with Crippen LogP contribution in [0.25, 0.3) is 0 Å². The van der Waals surface area contributed by atoms with E-state index < -0.39 is 0 Å². The van der Waals surface area contributed by atoms with Gasteiger partial charge in [-0.05, 0) is 12.8 Å². The zero-order valence-corrected chi connectivity index (χ0v) is 10.4. The largest absolute Gasteiger partial charge is 0.460 e. The minimum atomic E-state index is -0.133. The van der Waals surface area contributed by atoms with Crippen molar-refractivity contribution in [2.24, 2.45) is 0 Å². The molecule has 0 aliphatic heterocycles. The smallest absolute Gasteiger partial charge is 0.305 e. The van der Waals surface area contributed by atoms with Gasteiger partial charge in [0.25, 0.3) is 0 Å². The van der Waals surface area contributed by atoms with E-state index in [0.29, 0.717) is 6.42 Å². The summed E-state index contributed by atoms with van der Waals surface area (Å²) in [6, 6.07) is 0. The Kier molecular flexibility index (Phi) is 8.38. The summed E-state index contributed by atoms with van der Waals surface area (Å²) < 4.78 is 10.8. The van der Waals surface area contributed by atoms with Crippen LogP contribution in [0.3, 0.4) is 0 Å². The van der Waals surface area contributed by atoms with E-state index in [1.54, 1.807) is 7.11 Å². The summed E-state index contributed by atoms with van der Waals surface area (Å²) in [6.45, 7) is 6.01. The standard InChI is InChI=1S/C12H24O3/c1-5-8-10(14-4)11(9-6-2)15-12(13)7-3/h10-11H,5-9H2,1-4H3. The highest BCUT2D eigenvalue weighted by atomic mass is 16.6. The summed E-state index contributed by atoms with van der Waals surface area (Å²) >= 11 is 0. The number of methoxy groups -OCH3 is 1. The molecule has 15 heavy (non-hydrogen) atoms. The van der Waals surface area contributed by atoms with Crippen molar-refractivity contribution in [1.29, 1.82) is 0 Å². The second kappa shape index (κ2) is 8.72. The van der Waals surface area contributed by atoms with Crippen molar-refractivity contribution in [2.45, 2.75) is 65.1 Å². The molecule has 0 heterocycles. The van der Waals surface area contributed by atoms with E-state index in [1.165, 1.54) is 0 Å². The Morgan fingerprint density at radius 2 is 1.60 bits per heavy atom. The third-order valence-electron chi connectivity index (χ3n) is 2.44. The van der Waals surface area contributed by atoms with Gasteiger partial charge in [-0.2, -0.15) is 0 Å². The fraction of sp³-hybridized carbons (Fsp3) is 0.917. The van der Waals surface area contributed by atoms with E-state index in [4.69, 9.17) is 9.47 Å². The minimum Gasteiger partial charge on any atom is -0.460 e. The molecule has 0 aliphatic carbocycles. The molecule has 0 radical (unpaired) electrons. The van der Waals surface area contributed by atoms with E-state index in [-0.39, 0.29) is 18.2 Å². The third-order valence-corrected chi connectivity index (χ3v) is 2.44. The summed E-state index contributed by atoms with van der Waals surface area (Å²) in [5, 5.41) is 0. The first kappa shape index (κ1) is 14.4. The van der Waals surface area contributed by atoms with Gasteiger partial charge in [-0.1, -0.05) is 33.6 Å². The highest BCUT2D eigenvalue weighted by Gasteiger charge is 2.22. The Morgan fingerprint density at radius 1 is 1.07 bits per heavy atom. The summed E-state index contributed by atoms with van der Waals surface area (Å²) in [7, 11) is 1.68. The number of carbonyl (C=O) groups excluding carboxylic acids is 1. The van der Waals surface area contributed by atoms with Gasteiger partial charge in [0.2, 0.25) is 0 Å². The van der Waals surface area contributed by atoms with Crippen molar-refractivity contribution in [1.82, 2.24) is 0 Å². The fourth-order valence-corrected chi connectivity index (χ4v) is 1.60. The lowest BCUT2D eigenvalue weighted by Crippen LogP contribution is -2.32. The third kappa shape index (κ3) is 5.78. The predicted octanol–water partition coefficient (Wildman–Crippen LogP) is 2.92. The first-order valence-corrected chi connectivity index (χ1v) is 5.91. The van der Waals surface area contributed by atoms with Crippen LogP contribution < -0.4 is 0 Å². The van der Waals surface area contributed by atoms with E-state index in [0.717, 1.165) is 25.7 Å². The maximum absolute atomic E-state index is 11.2. The predicted molar refractivity (Wildman–Crippen MR) is 60.8 cm³/mol. The Morgan fingerprint density at radius 3 is 2.00 bits per heavy atom. The number of hydrogen-bond donors (Lipinski definition) is 0. The molecule has 90 valence electrons. The molecule has 2 atom stereocenters. The summed E-state index contributed by atoms with van der Waals surface area (Å²) in [4.78, 5) is 11.2. The van der Waals surface area contributed by atoms with Crippen molar-refractivity contribution in [3.8, 4) is 0 Å². The van der Waals surface area contributed by atoms with Gasteiger partial charge >= 0.3 is 5.97 Å².